The SMILES string of the molecule is COCCNC(=O)C1CCCN(C(=O)c2sccc2C)CC1. The van der Waals surface area contributed by atoms with Crippen LogP contribution in [0.2, 0.25) is 0 Å². The lowest BCUT2D eigenvalue weighted by atomic mass is 10.00. The van der Waals surface area contributed by atoms with Crippen molar-refractivity contribution in [3.8, 4) is 0 Å². The lowest BCUT2D eigenvalue weighted by Gasteiger charge is -2.20. The van der Waals surface area contributed by atoms with Gasteiger partial charge in [0.2, 0.25) is 5.91 Å². The summed E-state index contributed by atoms with van der Waals surface area (Å²) in [6, 6.07) is 1.97. The van der Waals surface area contributed by atoms with E-state index in [1.807, 2.05) is 23.3 Å². The molecule has 0 aliphatic carbocycles. The summed E-state index contributed by atoms with van der Waals surface area (Å²) >= 11 is 1.49. The van der Waals surface area contributed by atoms with E-state index in [1.165, 1.54) is 11.3 Å². The Morgan fingerprint density at radius 2 is 2.23 bits per heavy atom. The van der Waals surface area contributed by atoms with Crippen molar-refractivity contribution in [1.29, 1.82) is 0 Å². The maximum absolute atomic E-state index is 12.5. The number of ether oxygens (including phenoxy) is 1. The lowest BCUT2D eigenvalue weighted by Crippen LogP contribution is -2.35. The summed E-state index contributed by atoms with van der Waals surface area (Å²) in [6.07, 6.45) is 2.44. The Balaban J connectivity index is 1.88. The number of aryl methyl sites for hydroxylation is 1. The molecule has 0 bridgehead atoms. The molecule has 5 nitrogen and oxygen atoms in total. The monoisotopic (exact) mass is 324 g/mol. The molecule has 1 aliphatic heterocycles. The minimum Gasteiger partial charge on any atom is -0.383 e. The van der Waals surface area contributed by atoms with E-state index in [1.54, 1.807) is 7.11 Å². The average molecular weight is 324 g/mol. The normalized spacial score (nSPS) is 18.8. The Hall–Kier alpha value is -1.40. The smallest absolute Gasteiger partial charge is 0.264 e. The van der Waals surface area contributed by atoms with Crippen molar-refractivity contribution in [3.63, 3.8) is 0 Å². The van der Waals surface area contributed by atoms with Gasteiger partial charge in [-0.1, -0.05) is 0 Å². The predicted molar refractivity (Wildman–Crippen MR) is 87.2 cm³/mol. The molecule has 2 amide bonds. The van der Waals surface area contributed by atoms with Crippen LogP contribution in [0.15, 0.2) is 11.4 Å². The standard InChI is InChI=1S/C16H24N2O3S/c1-12-6-11-22-14(12)16(20)18-8-3-4-13(5-9-18)15(19)17-7-10-21-2/h6,11,13H,3-5,7-10H2,1-2H3,(H,17,19). The molecule has 1 aromatic rings. The number of methoxy groups -OCH3 is 1. The van der Waals surface area contributed by atoms with Gasteiger partial charge in [-0.05, 0) is 43.2 Å². The van der Waals surface area contributed by atoms with Gasteiger partial charge in [0.05, 0.1) is 11.5 Å². The molecule has 6 heteroatoms. The number of carbonyl (C=O) groups excluding carboxylic acids is 2. The van der Waals surface area contributed by atoms with E-state index in [0.717, 1.165) is 36.2 Å². The fourth-order valence-electron chi connectivity index (χ4n) is 2.72. The van der Waals surface area contributed by atoms with Crippen molar-refractivity contribution in [3.05, 3.63) is 21.9 Å². The van der Waals surface area contributed by atoms with E-state index < -0.39 is 0 Å². The van der Waals surface area contributed by atoms with Crippen LogP contribution in [-0.2, 0) is 9.53 Å². The summed E-state index contributed by atoms with van der Waals surface area (Å²) in [4.78, 5) is 27.4. The van der Waals surface area contributed by atoms with Crippen LogP contribution in [0.3, 0.4) is 0 Å². The van der Waals surface area contributed by atoms with Gasteiger partial charge in [-0.15, -0.1) is 11.3 Å². The van der Waals surface area contributed by atoms with Crippen molar-refractivity contribution >= 4 is 23.2 Å². The first-order chi connectivity index (χ1) is 10.6. The minimum absolute atomic E-state index is 0.000844. The highest BCUT2D eigenvalue weighted by molar-refractivity contribution is 7.12. The number of nitrogens with zero attached hydrogens (tertiary/aromatic N) is 1. The lowest BCUT2D eigenvalue weighted by molar-refractivity contribution is -0.125. The van der Waals surface area contributed by atoms with Crippen LogP contribution in [0.4, 0.5) is 0 Å². The molecule has 0 saturated carbocycles. The van der Waals surface area contributed by atoms with Crippen LogP contribution in [0.5, 0.6) is 0 Å². The number of likely N-dealkylation sites (tertiary alicyclic amines) is 1. The van der Waals surface area contributed by atoms with E-state index in [4.69, 9.17) is 4.74 Å². The fraction of sp³-hybridized carbons (Fsp3) is 0.625. The van der Waals surface area contributed by atoms with Crippen molar-refractivity contribution in [2.24, 2.45) is 5.92 Å². The number of carbonyl (C=O) groups is 2. The molecule has 1 unspecified atom stereocenters. The van der Waals surface area contributed by atoms with Gasteiger partial charge in [0, 0.05) is 32.7 Å². The summed E-state index contributed by atoms with van der Waals surface area (Å²) in [5, 5.41) is 4.85. The van der Waals surface area contributed by atoms with Crippen LogP contribution in [0.1, 0.15) is 34.5 Å². The third kappa shape index (κ3) is 4.30. The molecule has 1 fully saturated rings. The van der Waals surface area contributed by atoms with Crippen molar-refractivity contribution in [2.45, 2.75) is 26.2 Å². The van der Waals surface area contributed by atoms with Crippen LogP contribution >= 0.6 is 11.3 Å². The molecule has 122 valence electrons. The third-order valence-electron chi connectivity index (χ3n) is 4.05. The minimum atomic E-state index is -0.000844. The van der Waals surface area contributed by atoms with Gasteiger partial charge in [-0.3, -0.25) is 9.59 Å². The first-order valence-corrected chi connectivity index (χ1v) is 8.61. The number of thiophene rings is 1. The quantitative estimate of drug-likeness (QED) is 0.844. The molecule has 0 spiro atoms. The molecule has 1 N–H and O–H groups in total. The van der Waals surface area contributed by atoms with Crippen LogP contribution in [0, 0.1) is 12.8 Å². The molecule has 1 saturated heterocycles. The molecule has 2 heterocycles. The summed E-state index contributed by atoms with van der Waals surface area (Å²) < 4.78 is 4.94. The summed E-state index contributed by atoms with van der Waals surface area (Å²) in [6.45, 7) is 4.42. The first kappa shape index (κ1) is 17.0. The van der Waals surface area contributed by atoms with Gasteiger partial charge < -0.3 is 15.0 Å². The van der Waals surface area contributed by atoms with E-state index in [9.17, 15) is 9.59 Å². The number of nitrogens with one attached hydrogen (secondary N) is 1. The van der Waals surface area contributed by atoms with Gasteiger partial charge >= 0.3 is 0 Å². The van der Waals surface area contributed by atoms with Crippen LogP contribution in [0.25, 0.3) is 0 Å². The Kier molecular flexibility index (Phi) is 6.39. The fourth-order valence-corrected chi connectivity index (χ4v) is 3.61. The zero-order chi connectivity index (χ0) is 15.9. The Morgan fingerprint density at radius 3 is 2.91 bits per heavy atom. The molecule has 0 radical (unpaired) electrons. The Labute approximate surface area is 135 Å². The average Bonchev–Trinajstić information content (AvgIpc) is 2.79. The van der Waals surface area contributed by atoms with E-state index >= 15 is 0 Å². The second-order valence-electron chi connectivity index (χ2n) is 5.64. The predicted octanol–water partition coefficient (Wildman–Crippen LogP) is 2.06. The second kappa shape index (κ2) is 8.29. The highest BCUT2D eigenvalue weighted by atomic mass is 32.1. The van der Waals surface area contributed by atoms with E-state index in [2.05, 4.69) is 5.32 Å². The summed E-state index contributed by atoms with van der Waals surface area (Å²) in [5.41, 5.74) is 1.04. The number of hydrogen-bond donors (Lipinski definition) is 1. The number of hydrogen-bond acceptors (Lipinski definition) is 4. The topological polar surface area (TPSA) is 58.6 Å². The maximum atomic E-state index is 12.5. The molecule has 1 aliphatic rings. The van der Waals surface area contributed by atoms with Crippen LogP contribution < -0.4 is 5.32 Å². The molecule has 22 heavy (non-hydrogen) atoms. The maximum Gasteiger partial charge on any atom is 0.264 e. The van der Waals surface area contributed by atoms with E-state index in [0.29, 0.717) is 19.7 Å². The third-order valence-corrected chi connectivity index (χ3v) is 5.05. The Morgan fingerprint density at radius 1 is 1.41 bits per heavy atom. The Bertz CT molecular complexity index is 515. The van der Waals surface area contributed by atoms with Crippen molar-refractivity contribution in [2.75, 3.05) is 33.4 Å². The van der Waals surface area contributed by atoms with E-state index in [-0.39, 0.29) is 17.7 Å². The van der Waals surface area contributed by atoms with Gasteiger partial charge in [-0.25, -0.2) is 0 Å². The molecular weight excluding hydrogens is 300 g/mol. The number of amides is 2. The summed E-state index contributed by atoms with van der Waals surface area (Å²) in [7, 11) is 1.62. The summed E-state index contributed by atoms with van der Waals surface area (Å²) in [5.74, 6) is 0.186. The van der Waals surface area contributed by atoms with Gasteiger partial charge in [0.15, 0.2) is 0 Å². The van der Waals surface area contributed by atoms with Crippen LogP contribution in [-0.4, -0.2) is 50.1 Å². The van der Waals surface area contributed by atoms with Gasteiger partial charge in [-0.2, -0.15) is 0 Å². The molecule has 1 aromatic heterocycles. The van der Waals surface area contributed by atoms with Gasteiger partial charge in [0.1, 0.15) is 0 Å². The first-order valence-electron chi connectivity index (χ1n) is 7.73. The van der Waals surface area contributed by atoms with Crippen molar-refractivity contribution < 1.29 is 14.3 Å². The number of rotatable bonds is 5. The highest BCUT2D eigenvalue weighted by Gasteiger charge is 2.26. The highest BCUT2D eigenvalue weighted by Crippen LogP contribution is 2.22. The molecule has 1 atom stereocenters. The molecule has 0 aromatic carbocycles. The largest absolute Gasteiger partial charge is 0.383 e. The molecular formula is C16H24N2O3S. The zero-order valence-electron chi connectivity index (χ0n) is 13.3. The second-order valence-corrected chi connectivity index (χ2v) is 6.55. The van der Waals surface area contributed by atoms with Crippen molar-refractivity contribution in [1.82, 2.24) is 10.2 Å². The van der Waals surface area contributed by atoms with Gasteiger partial charge in [0.25, 0.3) is 5.91 Å². The zero-order valence-corrected chi connectivity index (χ0v) is 14.1. The molecule has 2 rings (SSSR count).